The van der Waals surface area contributed by atoms with Gasteiger partial charge in [0.1, 0.15) is 17.7 Å². The second kappa shape index (κ2) is 14.1. The minimum absolute atomic E-state index is 0.108. The van der Waals surface area contributed by atoms with Crippen molar-refractivity contribution in [3.8, 4) is 5.75 Å². The van der Waals surface area contributed by atoms with Crippen LogP contribution in [0.3, 0.4) is 0 Å². The van der Waals surface area contributed by atoms with E-state index in [1.165, 1.54) is 30.1 Å². The van der Waals surface area contributed by atoms with Gasteiger partial charge in [0.2, 0.25) is 15.9 Å². The predicted molar refractivity (Wildman–Crippen MR) is 162 cm³/mol. The Balaban J connectivity index is 1.58. The first kappa shape index (κ1) is 34.7. The maximum atomic E-state index is 13.4. The van der Waals surface area contributed by atoms with E-state index in [0.29, 0.717) is 5.56 Å². The number of hydrogen-bond donors (Lipinski definition) is 3. The van der Waals surface area contributed by atoms with Crippen LogP contribution in [0.2, 0.25) is 0 Å². The van der Waals surface area contributed by atoms with Gasteiger partial charge in [-0.05, 0) is 73.7 Å². The molecule has 1 aliphatic rings. The molecule has 46 heavy (non-hydrogen) atoms. The maximum absolute atomic E-state index is 13.4. The van der Waals surface area contributed by atoms with Crippen molar-refractivity contribution >= 4 is 33.3 Å². The zero-order valence-electron chi connectivity index (χ0n) is 25.2. The number of benzene rings is 3. The Hall–Kier alpha value is -4.21. The molecule has 3 aromatic rings. The van der Waals surface area contributed by atoms with Crippen LogP contribution in [0.15, 0.2) is 71.6 Å². The highest BCUT2D eigenvalue weighted by Crippen LogP contribution is 2.31. The van der Waals surface area contributed by atoms with Crippen molar-refractivity contribution in [3.05, 3.63) is 83.7 Å². The number of alkyl halides is 3. The highest BCUT2D eigenvalue weighted by atomic mass is 32.2. The van der Waals surface area contributed by atoms with Gasteiger partial charge in [0.05, 0.1) is 36.1 Å². The number of nitrogens with one attached hydrogen (secondary N) is 2. The highest BCUT2D eigenvalue weighted by Gasteiger charge is 2.34. The lowest BCUT2D eigenvalue weighted by molar-refractivity contribution is -0.137. The summed E-state index contributed by atoms with van der Waals surface area (Å²) in [5, 5.41) is 14.9. The van der Waals surface area contributed by atoms with Crippen molar-refractivity contribution in [2.75, 3.05) is 37.4 Å². The average Bonchev–Trinajstić information content (AvgIpc) is 3.04. The fourth-order valence-corrected chi connectivity index (χ4v) is 6.08. The smallest absolute Gasteiger partial charge is 0.416 e. The van der Waals surface area contributed by atoms with E-state index in [4.69, 9.17) is 4.74 Å². The van der Waals surface area contributed by atoms with Crippen molar-refractivity contribution in [1.29, 1.82) is 0 Å². The number of carbonyl (C=O) groups excluding carboxylic acids is 2. The normalized spacial score (nSPS) is 18.1. The molecule has 0 aliphatic carbocycles. The summed E-state index contributed by atoms with van der Waals surface area (Å²) in [6, 6.07) is 11.6. The number of aliphatic hydroxyl groups excluding tert-OH is 1. The second-order valence-corrected chi connectivity index (χ2v) is 13.1. The van der Waals surface area contributed by atoms with E-state index in [9.17, 15) is 40.7 Å². The minimum atomic E-state index is -4.52. The molecule has 0 unspecified atom stereocenters. The Morgan fingerprint density at radius 1 is 1.07 bits per heavy atom. The molecule has 0 saturated carbocycles. The molecule has 3 N–H and O–H groups in total. The number of hydrogen-bond acceptors (Lipinski definition) is 6. The number of carbonyl (C=O) groups is 2. The molecule has 1 heterocycles. The van der Waals surface area contributed by atoms with Gasteiger partial charge in [-0.1, -0.05) is 6.92 Å². The van der Waals surface area contributed by atoms with Gasteiger partial charge >= 0.3 is 12.2 Å². The van der Waals surface area contributed by atoms with Crippen molar-refractivity contribution in [3.63, 3.8) is 0 Å². The van der Waals surface area contributed by atoms with Crippen LogP contribution in [0.1, 0.15) is 25.0 Å². The number of urea groups is 1. The summed E-state index contributed by atoms with van der Waals surface area (Å²) in [4.78, 5) is 27.5. The zero-order chi connectivity index (χ0) is 33.8. The number of fused-ring (bicyclic) bond motifs is 1. The first-order valence-electron chi connectivity index (χ1n) is 14.3. The lowest BCUT2D eigenvalue weighted by Gasteiger charge is -2.33. The third-order valence-corrected chi connectivity index (χ3v) is 9.44. The van der Waals surface area contributed by atoms with E-state index in [-0.39, 0.29) is 54.0 Å². The van der Waals surface area contributed by atoms with E-state index >= 15 is 0 Å². The number of sulfonamides is 1. The molecule has 3 amide bonds. The predicted octanol–water partition coefficient (Wildman–Crippen LogP) is 4.96. The Bertz CT molecular complexity index is 1650. The first-order chi connectivity index (χ1) is 21.6. The molecular weight excluding hydrogens is 632 g/mol. The topological polar surface area (TPSA) is 128 Å². The maximum Gasteiger partial charge on any atom is 0.416 e. The molecule has 10 nitrogen and oxygen atoms in total. The number of likely N-dealkylation sites (N-methyl/N-ethyl adjacent to an activating group) is 1. The summed E-state index contributed by atoms with van der Waals surface area (Å²) >= 11 is 0. The molecule has 3 atom stereocenters. The molecule has 0 aromatic heterocycles. The second-order valence-electron chi connectivity index (χ2n) is 11.1. The molecular formula is C31H34F4N4O6S. The van der Waals surface area contributed by atoms with Gasteiger partial charge in [-0.3, -0.25) is 4.79 Å². The van der Waals surface area contributed by atoms with E-state index in [1.54, 1.807) is 13.8 Å². The zero-order valence-corrected chi connectivity index (χ0v) is 26.0. The number of halogens is 4. The van der Waals surface area contributed by atoms with Crippen LogP contribution in [-0.4, -0.2) is 73.6 Å². The monoisotopic (exact) mass is 666 g/mol. The molecule has 0 saturated heterocycles. The molecule has 0 fully saturated rings. The van der Waals surface area contributed by atoms with Crippen molar-refractivity contribution < 1.29 is 45.4 Å². The quantitative estimate of drug-likeness (QED) is 0.292. The van der Waals surface area contributed by atoms with Gasteiger partial charge in [-0.15, -0.1) is 0 Å². The van der Waals surface area contributed by atoms with Crippen LogP contribution in [0.5, 0.6) is 5.75 Å². The van der Waals surface area contributed by atoms with E-state index < -0.39 is 51.7 Å². The Labute approximate surface area is 264 Å². The number of amides is 3. The molecule has 1 aliphatic heterocycles. The fourth-order valence-electron chi connectivity index (χ4n) is 4.90. The molecule has 15 heteroatoms. The van der Waals surface area contributed by atoms with Gasteiger partial charge in [0, 0.05) is 36.4 Å². The molecule has 4 rings (SSSR count). The van der Waals surface area contributed by atoms with Crippen LogP contribution < -0.4 is 15.4 Å². The average molecular weight is 667 g/mol. The largest absolute Gasteiger partial charge is 0.488 e. The van der Waals surface area contributed by atoms with E-state index in [0.717, 1.165) is 52.8 Å². The van der Waals surface area contributed by atoms with Crippen LogP contribution in [0, 0.1) is 11.7 Å². The Morgan fingerprint density at radius 3 is 2.28 bits per heavy atom. The van der Waals surface area contributed by atoms with Gasteiger partial charge in [-0.25, -0.2) is 17.6 Å². The number of ether oxygens (including phenoxy) is 1. The third-order valence-electron chi connectivity index (χ3n) is 7.60. The van der Waals surface area contributed by atoms with Crippen LogP contribution in [-0.2, 0) is 27.4 Å². The van der Waals surface area contributed by atoms with Gasteiger partial charge < -0.3 is 25.4 Å². The number of anilines is 2. The molecule has 0 spiro atoms. The molecule has 3 aromatic carbocycles. The molecule has 0 bridgehead atoms. The van der Waals surface area contributed by atoms with Crippen LogP contribution in [0.4, 0.5) is 33.7 Å². The summed E-state index contributed by atoms with van der Waals surface area (Å²) in [6.07, 6.45) is -5.47. The fraction of sp³-hybridized carbons (Fsp3) is 0.355. The molecule has 248 valence electrons. The summed E-state index contributed by atoms with van der Waals surface area (Å²) < 4.78 is 85.9. The van der Waals surface area contributed by atoms with Crippen molar-refractivity contribution in [2.24, 2.45) is 5.92 Å². The number of nitrogens with zero attached hydrogens (tertiary/aromatic N) is 2. The third kappa shape index (κ3) is 8.33. The van der Waals surface area contributed by atoms with Crippen molar-refractivity contribution in [1.82, 2.24) is 9.21 Å². The summed E-state index contributed by atoms with van der Waals surface area (Å²) in [5.41, 5.74) is -0.120. The summed E-state index contributed by atoms with van der Waals surface area (Å²) in [7, 11) is -2.67. The standard InChI is InChI=1S/C31H34F4N4O6S/c1-19-16-39(20(2)18-40)29(41)15-21-14-25(37-30(42)36-24-8-4-22(5-9-24)31(33,34)35)10-13-27(21)45-28(19)17-38(3)46(43,44)26-11-6-23(32)7-12-26/h4-14,19-20,28,40H,15-18H2,1-3H3,(H2,36,37,42)/t19-,20+,28-/m0/s1. The Kier molecular flexibility index (Phi) is 10.6. The van der Waals surface area contributed by atoms with E-state index in [2.05, 4.69) is 10.6 Å². The van der Waals surface area contributed by atoms with Gasteiger partial charge in [-0.2, -0.15) is 17.5 Å². The minimum Gasteiger partial charge on any atom is -0.488 e. The molecule has 0 radical (unpaired) electrons. The van der Waals surface area contributed by atoms with Crippen LogP contribution >= 0.6 is 0 Å². The summed E-state index contributed by atoms with van der Waals surface area (Å²) in [5.74, 6) is -1.07. The van der Waals surface area contributed by atoms with Gasteiger partial charge in [0.25, 0.3) is 0 Å². The number of rotatable bonds is 8. The van der Waals surface area contributed by atoms with Crippen molar-refractivity contribution in [2.45, 2.75) is 43.5 Å². The Morgan fingerprint density at radius 2 is 1.67 bits per heavy atom. The van der Waals surface area contributed by atoms with Crippen LogP contribution in [0.25, 0.3) is 0 Å². The first-order valence-corrected chi connectivity index (χ1v) is 15.7. The van der Waals surface area contributed by atoms with Gasteiger partial charge in [0.15, 0.2) is 0 Å². The summed E-state index contributed by atoms with van der Waals surface area (Å²) in [6.45, 7) is 3.16. The highest BCUT2D eigenvalue weighted by molar-refractivity contribution is 7.89. The lowest BCUT2D eigenvalue weighted by atomic mass is 10.0. The van der Waals surface area contributed by atoms with E-state index in [1.807, 2.05) is 0 Å². The lowest BCUT2D eigenvalue weighted by Crippen LogP contribution is -2.48. The SMILES string of the molecule is C[C@H](CO)N1C[C@H](C)[C@H](CN(C)S(=O)(=O)c2ccc(F)cc2)Oc2ccc(NC(=O)Nc3ccc(C(F)(F)F)cc3)cc2CC1=O. The number of aliphatic hydroxyl groups is 1.